The number of aromatic nitrogens is 1. The van der Waals surface area contributed by atoms with Crippen molar-refractivity contribution in [3.63, 3.8) is 0 Å². The summed E-state index contributed by atoms with van der Waals surface area (Å²) in [6.45, 7) is 6.56. The van der Waals surface area contributed by atoms with Crippen LogP contribution in [0.25, 0.3) is 10.9 Å². The summed E-state index contributed by atoms with van der Waals surface area (Å²) in [6.07, 6.45) is 6.10. The highest BCUT2D eigenvalue weighted by molar-refractivity contribution is 7.80. The predicted octanol–water partition coefficient (Wildman–Crippen LogP) is 2.64. The Morgan fingerprint density at radius 3 is 2.56 bits per heavy atom. The van der Waals surface area contributed by atoms with Gasteiger partial charge in [-0.2, -0.15) is 0 Å². The van der Waals surface area contributed by atoms with E-state index in [4.69, 9.17) is 26.4 Å². The lowest BCUT2D eigenvalue weighted by Crippen LogP contribution is -2.48. The molecular formula is C25H34N4O4S. The molecule has 1 aliphatic carbocycles. The molecule has 2 aliphatic heterocycles. The van der Waals surface area contributed by atoms with Gasteiger partial charge in [-0.05, 0) is 37.2 Å². The van der Waals surface area contributed by atoms with Crippen LogP contribution in [0, 0.1) is 0 Å². The van der Waals surface area contributed by atoms with Gasteiger partial charge >= 0.3 is 0 Å². The summed E-state index contributed by atoms with van der Waals surface area (Å²) in [5, 5.41) is 5.26. The lowest BCUT2D eigenvalue weighted by Gasteiger charge is -2.33. The predicted molar refractivity (Wildman–Crippen MR) is 136 cm³/mol. The first-order valence-electron chi connectivity index (χ1n) is 12.5. The second kappa shape index (κ2) is 10.9. The van der Waals surface area contributed by atoms with Crippen LogP contribution in [-0.4, -0.2) is 78.5 Å². The molecule has 1 aromatic heterocycles. The molecule has 2 aromatic rings. The van der Waals surface area contributed by atoms with Gasteiger partial charge in [0.15, 0.2) is 16.6 Å². The Bertz CT molecular complexity index is 1060. The Balaban J connectivity index is 1.35. The SMILES string of the molecule is O=c1[nH]c2cc3c(cc2cc1CN(CCN1CCOCC1)C(=S)NC1CCCCC1)OCCO3. The van der Waals surface area contributed by atoms with Gasteiger partial charge in [-0.15, -0.1) is 0 Å². The first kappa shape index (κ1) is 23.4. The molecule has 9 heteroatoms. The average molecular weight is 487 g/mol. The van der Waals surface area contributed by atoms with Crippen molar-refractivity contribution in [2.75, 3.05) is 52.6 Å². The molecule has 2 fully saturated rings. The number of aromatic amines is 1. The highest BCUT2D eigenvalue weighted by atomic mass is 32.1. The van der Waals surface area contributed by atoms with Crippen molar-refractivity contribution in [2.45, 2.75) is 44.7 Å². The number of rotatable bonds is 6. The van der Waals surface area contributed by atoms with Gasteiger partial charge in [-0.1, -0.05) is 19.3 Å². The van der Waals surface area contributed by atoms with Crippen molar-refractivity contribution in [1.82, 2.24) is 20.1 Å². The highest BCUT2D eigenvalue weighted by Crippen LogP contribution is 2.33. The molecule has 1 aromatic carbocycles. The van der Waals surface area contributed by atoms with Crippen molar-refractivity contribution in [2.24, 2.45) is 0 Å². The molecule has 0 spiro atoms. The van der Waals surface area contributed by atoms with Gasteiger partial charge in [0.25, 0.3) is 5.56 Å². The number of H-pyrrole nitrogens is 1. The van der Waals surface area contributed by atoms with Crippen LogP contribution in [0.2, 0.25) is 0 Å². The summed E-state index contributed by atoms with van der Waals surface area (Å²) in [6, 6.07) is 6.17. The first-order valence-corrected chi connectivity index (χ1v) is 12.9. The van der Waals surface area contributed by atoms with E-state index in [0.29, 0.717) is 37.1 Å². The van der Waals surface area contributed by atoms with Crippen molar-refractivity contribution in [1.29, 1.82) is 0 Å². The molecule has 0 unspecified atom stereocenters. The molecule has 0 amide bonds. The third-order valence-electron chi connectivity index (χ3n) is 6.95. The number of hydrogen-bond donors (Lipinski definition) is 2. The van der Waals surface area contributed by atoms with E-state index in [0.717, 1.165) is 74.0 Å². The van der Waals surface area contributed by atoms with Gasteiger partial charge < -0.3 is 29.4 Å². The van der Waals surface area contributed by atoms with Crippen LogP contribution >= 0.6 is 12.2 Å². The topological polar surface area (TPSA) is 79.1 Å². The van der Waals surface area contributed by atoms with Crippen LogP contribution in [0.5, 0.6) is 11.5 Å². The Labute approximate surface area is 205 Å². The second-order valence-corrected chi connectivity index (χ2v) is 9.75. The summed E-state index contributed by atoms with van der Waals surface area (Å²) in [7, 11) is 0. The molecule has 2 N–H and O–H groups in total. The van der Waals surface area contributed by atoms with E-state index in [-0.39, 0.29) is 5.56 Å². The normalized spacial score (nSPS) is 19.2. The zero-order valence-corrected chi connectivity index (χ0v) is 20.5. The minimum Gasteiger partial charge on any atom is -0.486 e. The van der Waals surface area contributed by atoms with E-state index in [1.807, 2.05) is 18.2 Å². The fourth-order valence-corrected chi connectivity index (χ4v) is 5.29. The monoisotopic (exact) mass is 486 g/mol. The fraction of sp³-hybridized carbons (Fsp3) is 0.600. The number of pyridine rings is 1. The summed E-state index contributed by atoms with van der Waals surface area (Å²) in [4.78, 5) is 20.6. The van der Waals surface area contributed by atoms with Crippen LogP contribution in [0.3, 0.4) is 0 Å². The van der Waals surface area contributed by atoms with Crippen molar-refractivity contribution in [3.8, 4) is 11.5 Å². The molecule has 1 saturated heterocycles. The highest BCUT2D eigenvalue weighted by Gasteiger charge is 2.21. The Hall–Kier alpha value is -2.36. The Morgan fingerprint density at radius 1 is 1.06 bits per heavy atom. The molecule has 184 valence electrons. The lowest BCUT2D eigenvalue weighted by atomic mass is 9.96. The smallest absolute Gasteiger partial charge is 0.253 e. The molecule has 0 atom stereocenters. The van der Waals surface area contributed by atoms with Crippen LogP contribution in [-0.2, 0) is 11.3 Å². The minimum absolute atomic E-state index is 0.0963. The zero-order valence-electron chi connectivity index (χ0n) is 19.6. The number of benzene rings is 1. The summed E-state index contributed by atoms with van der Waals surface area (Å²) in [5.41, 5.74) is 1.35. The number of fused-ring (bicyclic) bond motifs is 2. The molecule has 34 heavy (non-hydrogen) atoms. The van der Waals surface area contributed by atoms with Crippen LogP contribution < -0.4 is 20.3 Å². The second-order valence-electron chi connectivity index (χ2n) is 9.37. The number of nitrogens with zero attached hydrogens (tertiary/aromatic N) is 2. The van der Waals surface area contributed by atoms with E-state index in [2.05, 4.69) is 20.1 Å². The molecule has 8 nitrogen and oxygen atoms in total. The number of hydrogen-bond acceptors (Lipinski definition) is 6. The van der Waals surface area contributed by atoms with Crippen LogP contribution in [0.15, 0.2) is 23.0 Å². The summed E-state index contributed by atoms with van der Waals surface area (Å²) >= 11 is 5.86. The first-order chi connectivity index (χ1) is 16.7. The fourth-order valence-electron chi connectivity index (χ4n) is 4.96. The van der Waals surface area contributed by atoms with Crippen molar-refractivity contribution in [3.05, 3.63) is 34.1 Å². The Kier molecular flexibility index (Phi) is 7.51. The van der Waals surface area contributed by atoms with Gasteiger partial charge in [0, 0.05) is 49.2 Å². The number of ether oxygens (including phenoxy) is 3. The maximum atomic E-state index is 13.0. The zero-order chi connectivity index (χ0) is 23.3. The van der Waals surface area contributed by atoms with Gasteiger partial charge in [-0.25, -0.2) is 0 Å². The maximum absolute atomic E-state index is 13.0. The molecule has 0 radical (unpaired) electrons. The number of thiocarbonyl (C=S) groups is 1. The van der Waals surface area contributed by atoms with Gasteiger partial charge in [0.05, 0.1) is 25.3 Å². The largest absolute Gasteiger partial charge is 0.486 e. The average Bonchev–Trinajstić information content (AvgIpc) is 2.87. The minimum atomic E-state index is -0.0963. The van der Waals surface area contributed by atoms with Gasteiger partial charge in [-0.3, -0.25) is 9.69 Å². The van der Waals surface area contributed by atoms with Crippen molar-refractivity contribution >= 4 is 28.2 Å². The molecule has 1 saturated carbocycles. The summed E-state index contributed by atoms with van der Waals surface area (Å²) < 4.78 is 16.9. The molecule has 3 heterocycles. The molecule has 3 aliphatic rings. The third kappa shape index (κ3) is 5.64. The number of nitrogens with one attached hydrogen (secondary N) is 2. The van der Waals surface area contributed by atoms with E-state index in [9.17, 15) is 4.79 Å². The number of morpholine rings is 1. The molecule has 5 rings (SSSR count). The Morgan fingerprint density at radius 2 is 1.79 bits per heavy atom. The van der Waals surface area contributed by atoms with E-state index in [1.165, 1.54) is 19.3 Å². The standard InChI is InChI=1S/C25H34N4O4S/c30-24-19(14-18-15-22-23(16-21(18)27-24)33-13-12-32-22)17-29(7-6-28-8-10-31-11-9-28)25(34)26-20-4-2-1-3-5-20/h14-16,20H,1-13,17H2,(H,26,34)(H,27,30). The molecule has 0 bridgehead atoms. The van der Waals surface area contributed by atoms with E-state index in [1.54, 1.807) is 0 Å². The lowest BCUT2D eigenvalue weighted by molar-refractivity contribution is 0.0356. The third-order valence-corrected chi connectivity index (χ3v) is 7.33. The van der Waals surface area contributed by atoms with Gasteiger partial charge in [0.2, 0.25) is 0 Å². The van der Waals surface area contributed by atoms with E-state index < -0.39 is 0 Å². The van der Waals surface area contributed by atoms with Crippen molar-refractivity contribution < 1.29 is 14.2 Å². The quantitative estimate of drug-likeness (QED) is 0.604. The summed E-state index contributed by atoms with van der Waals surface area (Å²) in [5.74, 6) is 1.39. The maximum Gasteiger partial charge on any atom is 0.253 e. The molecular weight excluding hydrogens is 452 g/mol. The van der Waals surface area contributed by atoms with Crippen LogP contribution in [0.4, 0.5) is 0 Å². The van der Waals surface area contributed by atoms with E-state index >= 15 is 0 Å². The van der Waals surface area contributed by atoms with Gasteiger partial charge in [0.1, 0.15) is 13.2 Å². The van der Waals surface area contributed by atoms with Crippen LogP contribution in [0.1, 0.15) is 37.7 Å².